The lowest BCUT2D eigenvalue weighted by molar-refractivity contribution is -0.142. The van der Waals surface area contributed by atoms with Gasteiger partial charge in [0.05, 0.1) is 13.2 Å². The third kappa shape index (κ3) is 6.76. The van der Waals surface area contributed by atoms with Gasteiger partial charge in [0.15, 0.2) is 0 Å². The average molecular weight is 478 g/mol. The van der Waals surface area contributed by atoms with Gasteiger partial charge in [-0.05, 0) is 17.5 Å². The molecule has 4 atom stereocenters. The molecule has 0 fully saturated rings. The van der Waals surface area contributed by atoms with E-state index in [-0.39, 0.29) is 6.42 Å². The first kappa shape index (κ1) is 26.8. The van der Waals surface area contributed by atoms with Gasteiger partial charge in [-0.25, -0.2) is 4.79 Å². The first-order chi connectivity index (χ1) is 16.1. The zero-order valence-corrected chi connectivity index (χ0v) is 18.9. The van der Waals surface area contributed by atoms with Crippen molar-refractivity contribution in [2.45, 2.75) is 44.4 Å². The normalized spacial score (nSPS) is 14.8. The van der Waals surface area contributed by atoms with Gasteiger partial charge in [-0.1, -0.05) is 32.0 Å². The van der Waals surface area contributed by atoms with Crippen LogP contribution in [0.4, 0.5) is 0 Å². The van der Waals surface area contributed by atoms with Crippen molar-refractivity contribution in [3.8, 4) is 0 Å². The average Bonchev–Trinajstić information content (AvgIpc) is 3.21. The van der Waals surface area contributed by atoms with Crippen molar-refractivity contribution < 1.29 is 34.5 Å². The largest absolute Gasteiger partial charge is 0.480 e. The molecule has 0 bridgehead atoms. The lowest BCUT2D eigenvalue weighted by Gasteiger charge is -2.26. The maximum Gasteiger partial charge on any atom is 0.326 e. The molecule has 186 valence electrons. The van der Waals surface area contributed by atoms with E-state index in [1.165, 1.54) is 0 Å². The van der Waals surface area contributed by atoms with Gasteiger partial charge < -0.3 is 42.0 Å². The Bertz CT molecular complexity index is 1020. The Morgan fingerprint density at radius 3 is 2.18 bits per heavy atom. The molecule has 0 saturated heterocycles. The molecule has 1 aromatic carbocycles. The molecule has 34 heavy (non-hydrogen) atoms. The molecule has 12 nitrogen and oxygen atoms in total. The first-order valence-electron chi connectivity index (χ1n) is 10.7. The molecule has 1 heterocycles. The van der Waals surface area contributed by atoms with Crippen LogP contribution in [-0.4, -0.2) is 81.4 Å². The Kier molecular flexibility index (Phi) is 9.54. The summed E-state index contributed by atoms with van der Waals surface area (Å²) in [7, 11) is 0. The van der Waals surface area contributed by atoms with Crippen molar-refractivity contribution in [3.05, 3.63) is 36.0 Å². The number of aliphatic hydroxyl groups excluding tert-OH is 2. The number of carbonyl (C=O) groups is 4. The highest BCUT2D eigenvalue weighted by molar-refractivity contribution is 5.94. The summed E-state index contributed by atoms with van der Waals surface area (Å²) in [6.07, 6.45) is 1.69. The number of para-hydroxylation sites is 1. The SMILES string of the molecule is CC(C)C(NC(=O)C(CO)NC(=O)C(N)CO)C(=O)NC(Cc1c[nH]c2ccccc12)C(=O)O. The molecule has 4 unspecified atom stereocenters. The minimum Gasteiger partial charge on any atom is -0.480 e. The fourth-order valence-corrected chi connectivity index (χ4v) is 3.33. The Balaban J connectivity index is 2.11. The molecule has 0 saturated carbocycles. The van der Waals surface area contributed by atoms with Crippen LogP contribution in [0.25, 0.3) is 10.9 Å². The topological polar surface area (TPSA) is 207 Å². The van der Waals surface area contributed by atoms with Crippen LogP contribution >= 0.6 is 0 Å². The molecule has 12 heteroatoms. The van der Waals surface area contributed by atoms with E-state index in [1.807, 2.05) is 24.3 Å². The number of aromatic nitrogens is 1. The van der Waals surface area contributed by atoms with Crippen LogP contribution < -0.4 is 21.7 Å². The molecule has 0 aliphatic heterocycles. The third-order valence-electron chi connectivity index (χ3n) is 5.31. The van der Waals surface area contributed by atoms with Crippen LogP contribution in [0.3, 0.4) is 0 Å². The number of nitrogens with one attached hydrogen (secondary N) is 4. The van der Waals surface area contributed by atoms with Crippen LogP contribution in [0, 0.1) is 5.92 Å². The summed E-state index contributed by atoms with van der Waals surface area (Å²) in [5.74, 6) is -4.14. The highest BCUT2D eigenvalue weighted by Crippen LogP contribution is 2.19. The predicted molar refractivity (Wildman–Crippen MR) is 122 cm³/mol. The molecule has 9 N–H and O–H groups in total. The van der Waals surface area contributed by atoms with Crippen LogP contribution in [-0.2, 0) is 25.6 Å². The van der Waals surface area contributed by atoms with Gasteiger partial charge in [0.2, 0.25) is 17.7 Å². The van der Waals surface area contributed by atoms with Crippen molar-refractivity contribution in [3.63, 3.8) is 0 Å². The van der Waals surface area contributed by atoms with Crippen LogP contribution in [0.2, 0.25) is 0 Å². The number of amides is 3. The van der Waals surface area contributed by atoms with Crippen LogP contribution in [0.1, 0.15) is 19.4 Å². The van der Waals surface area contributed by atoms with E-state index in [9.17, 15) is 29.4 Å². The van der Waals surface area contributed by atoms with E-state index in [0.717, 1.165) is 10.9 Å². The summed E-state index contributed by atoms with van der Waals surface area (Å²) >= 11 is 0. The zero-order chi connectivity index (χ0) is 25.4. The smallest absolute Gasteiger partial charge is 0.326 e. The minimum absolute atomic E-state index is 0.0121. The number of fused-ring (bicyclic) bond motifs is 1. The van der Waals surface area contributed by atoms with Gasteiger partial charge in [-0.2, -0.15) is 0 Å². The van der Waals surface area contributed by atoms with Crippen molar-refractivity contribution in [2.75, 3.05) is 13.2 Å². The number of nitrogens with two attached hydrogens (primary N) is 1. The number of aliphatic hydroxyl groups is 2. The second kappa shape index (κ2) is 12.1. The van der Waals surface area contributed by atoms with E-state index >= 15 is 0 Å². The number of carboxylic acid groups (broad SMARTS) is 1. The van der Waals surface area contributed by atoms with Gasteiger partial charge >= 0.3 is 5.97 Å². The number of H-pyrrole nitrogens is 1. The van der Waals surface area contributed by atoms with Gasteiger partial charge in [0.25, 0.3) is 0 Å². The predicted octanol–water partition coefficient (Wildman–Crippen LogP) is -1.78. The number of rotatable bonds is 12. The number of hydrogen-bond acceptors (Lipinski definition) is 7. The molecule has 0 radical (unpaired) electrons. The summed E-state index contributed by atoms with van der Waals surface area (Å²) in [5, 5.41) is 36.0. The summed E-state index contributed by atoms with van der Waals surface area (Å²) < 4.78 is 0. The van der Waals surface area contributed by atoms with Crippen LogP contribution in [0.5, 0.6) is 0 Å². The molecule has 2 aromatic rings. The molecule has 0 aliphatic rings. The molecular formula is C22H31N5O7. The fraction of sp³-hybridized carbons (Fsp3) is 0.455. The molecule has 0 aliphatic carbocycles. The van der Waals surface area contributed by atoms with E-state index in [0.29, 0.717) is 5.56 Å². The number of hydrogen-bond donors (Lipinski definition) is 8. The minimum atomic E-state index is -1.42. The Labute approximate surface area is 195 Å². The first-order valence-corrected chi connectivity index (χ1v) is 10.7. The van der Waals surface area contributed by atoms with Crippen LogP contribution in [0.15, 0.2) is 30.5 Å². The van der Waals surface area contributed by atoms with Crippen molar-refractivity contribution in [1.29, 1.82) is 0 Å². The Hall–Kier alpha value is -3.48. The Morgan fingerprint density at radius 2 is 1.59 bits per heavy atom. The summed E-state index contributed by atoms with van der Waals surface area (Å²) in [6, 6.07) is 2.24. The van der Waals surface area contributed by atoms with Gasteiger partial charge in [0.1, 0.15) is 24.2 Å². The molecule has 2 rings (SSSR count). The van der Waals surface area contributed by atoms with E-state index in [2.05, 4.69) is 20.9 Å². The second-order valence-electron chi connectivity index (χ2n) is 8.23. The third-order valence-corrected chi connectivity index (χ3v) is 5.31. The molecule has 0 spiro atoms. The number of benzene rings is 1. The number of carboxylic acids is 1. The highest BCUT2D eigenvalue weighted by Gasteiger charge is 2.32. The maximum absolute atomic E-state index is 12.9. The van der Waals surface area contributed by atoms with Crippen molar-refractivity contribution in [2.24, 2.45) is 11.7 Å². The summed E-state index contributed by atoms with van der Waals surface area (Å²) in [4.78, 5) is 52.2. The summed E-state index contributed by atoms with van der Waals surface area (Å²) in [6.45, 7) is 1.86. The molecular weight excluding hydrogens is 446 g/mol. The maximum atomic E-state index is 12.9. The quantitative estimate of drug-likeness (QED) is 0.175. The summed E-state index contributed by atoms with van der Waals surface area (Å²) in [5.41, 5.74) is 6.93. The van der Waals surface area contributed by atoms with E-state index < -0.39 is 67.0 Å². The van der Waals surface area contributed by atoms with Crippen molar-refractivity contribution in [1.82, 2.24) is 20.9 Å². The van der Waals surface area contributed by atoms with Crippen molar-refractivity contribution >= 4 is 34.6 Å². The zero-order valence-electron chi connectivity index (χ0n) is 18.9. The fourth-order valence-electron chi connectivity index (χ4n) is 3.33. The van der Waals surface area contributed by atoms with E-state index in [1.54, 1.807) is 20.0 Å². The van der Waals surface area contributed by atoms with Gasteiger partial charge in [-0.3, -0.25) is 14.4 Å². The standard InChI is InChI=1S/C22H31N5O7/c1-11(2)18(27-20(31)17(10-29)26-19(30)14(23)9-28)21(32)25-16(22(33)34)7-12-8-24-15-6-4-3-5-13(12)15/h3-6,8,11,14,16-18,24,28-29H,7,9-10,23H2,1-2H3,(H,25,32)(H,26,30)(H,27,31)(H,33,34). The number of carbonyl (C=O) groups excluding carboxylic acids is 3. The second-order valence-corrected chi connectivity index (χ2v) is 8.23. The lowest BCUT2D eigenvalue weighted by atomic mass is 10.0. The highest BCUT2D eigenvalue weighted by atomic mass is 16.4. The Morgan fingerprint density at radius 1 is 0.941 bits per heavy atom. The van der Waals surface area contributed by atoms with Gasteiger partial charge in [-0.15, -0.1) is 0 Å². The number of aromatic amines is 1. The lowest BCUT2D eigenvalue weighted by Crippen LogP contribution is -2.59. The molecule has 3 amide bonds. The monoisotopic (exact) mass is 477 g/mol. The molecule has 1 aromatic heterocycles. The van der Waals surface area contributed by atoms with E-state index in [4.69, 9.17) is 10.8 Å². The number of aliphatic carboxylic acids is 1. The van der Waals surface area contributed by atoms with Gasteiger partial charge in [0, 0.05) is 23.5 Å².